The van der Waals surface area contributed by atoms with Gasteiger partial charge in [0, 0.05) is 23.6 Å². The molecule has 1 fully saturated rings. The van der Waals surface area contributed by atoms with Crippen molar-refractivity contribution < 1.29 is 9.53 Å². The highest BCUT2D eigenvalue weighted by atomic mass is 35.5. The minimum atomic E-state index is -0.0163. The molecule has 5 heteroatoms. The second-order valence-corrected chi connectivity index (χ2v) is 6.17. The minimum absolute atomic E-state index is 0.0163. The molecule has 1 saturated carbocycles. The number of carbonyl (C=O) groups excluding carboxylic acids is 1. The van der Waals surface area contributed by atoms with Gasteiger partial charge in [-0.2, -0.15) is 0 Å². The van der Waals surface area contributed by atoms with Gasteiger partial charge in [-0.1, -0.05) is 24.4 Å². The molecule has 1 aromatic rings. The van der Waals surface area contributed by atoms with Crippen molar-refractivity contribution in [2.45, 2.75) is 45.1 Å². The molecule has 1 amide bonds. The summed E-state index contributed by atoms with van der Waals surface area (Å²) >= 11 is 6.07. The third-order valence-electron chi connectivity index (χ3n) is 4.17. The Morgan fingerprint density at radius 3 is 2.81 bits per heavy atom. The molecular formula is C16H23ClN2O2. The molecular weight excluding hydrogens is 288 g/mol. The maximum atomic E-state index is 12.2. The van der Waals surface area contributed by atoms with E-state index in [-0.39, 0.29) is 17.9 Å². The van der Waals surface area contributed by atoms with Crippen molar-refractivity contribution in [3.8, 4) is 5.75 Å². The number of rotatable bonds is 4. The van der Waals surface area contributed by atoms with Gasteiger partial charge in [-0.25, -0.2) is 0 Å². The normalized spacial score (nSPS) is 21.9. The standard InChI is InChI=1S/C16H23ClN2O2/c1-10-7-14(15(21-2)9-12(10)17)19-16(20)8-11-5-3-4-6-13(11)18/h7,9,11,13H,3-6,8,18H2,1-2H3,(H,19,20). The number of carbonyl (C=O) groups is 1. The first-order valence-electron chi connectivity index (χ1n) is 7.41. The molecule has 0 spiro atoms. The number of hydrogen-bond acceptors (Lipinski definition) is 3. The van der Waals surface area contributed by atoms with Crippen molar-refractivity contribution in [1.29, 1.82) is 0 Å². The Morgan fingerprint density at radius 1 is 1.43 bits per heavy atom. The molecule has 2 atom stereocenters. The molecule has 1 aliphatic carbocycles. The van der Waals surface area contributed by atoms with Crippen LogP contribution in [0.2, 0.25) is 5.02 Å². The average Bonchev–Trinajstić information content (AvgIpc) is 2.45. The van der Waals surface area contributed by atoms with E-state index in [1.807, 2.05) is 13.0 Å². The maximum absolute atomic E-state index is 12.2. The number of nitrogens with two attached hydrogens (primary N) is 1. The first-order valence-corrected chi connectivity index (χ1v) is 7.78. The Labute approximate surface area is 131 Å². The lowest BCUT2D eigenvalue weighted by molar-refractivity contribution is -0.117. The Balaban J connectivity index is 2.03. The van der Waals surface area contributed by atoms with Gasteiger partial charge in [-0.05, 0) is 37.3 Å². The zero-order valence-corrected chi connectivity index (χ0v) is 13.4. The average molecular weight is 311 g/mol. The van der Waals surface area contributed by atoms with Crippen molar-refractivity contribution in [3.05, 3.63) is 22.7 Å². The van der Waals surface area contributed by atoms with E-state index in [4.69, 9.17) is 22.1 Å². The van der Waals surface area contributed by atoms with Crippen molar-refractivity contribution in [2.24, 2.45) is 11.7 Å². The molecule has 116 valence electrons. The van der Waals surface area contributed by atoms with Gasteiger partial charge in [0.05, 0.1) is 12.8 Å². The van der Waals surface area contributed by atoms with E-state index in [0.717, 1.165) is 24.8 Å². The molecule has 1 aliphatic rings. The Hall–Kier alpha value is -1.26. The van der Waals surface area contributed by atoms with Crippen LogP contribution in [0.1, 0.15) is 37.7 Å². The summed E-state index contributed by atoms with van der Waals surface area (Å²) in [6.07, 6.45) is 4.84. The van der Waals surface area contributed by atoms with Crippen molar-refractivity contribution in [2.75, 3.05) is 12.4 Å². The monoisotopic (exact) mass is 310 g/mol. The predicted octanol–water partition coefficient (Wildman–Crippen LogP) is 3.50. The van der Waals surface area contributed by atoms with Gasteiger partial charge in [-0.3, -0.25) is 4.79 Å². The molecule has 2 unspecified atom stereocenters. The van der Waals surface area contributed by atoms with E-state index in [2.05, 4.69) is 5.32 Å². The third-order valence-corrected chi connectivity index (χ3v) is 4.58. The second kappa shape index (κ2) is 7.14. The summed E-state index contributed by atoms with van der Waals surface area (Å²) in [4.78, 5) is 12.2. The number of benzene rings is 1. The van der Waals surface area contributed by atoms with Crippen LogP contribution >= 0.6 is 11.6 Å². The summed E-state index contributed by atoms with van der Waals surface area (Å²) in [5, 5.41) is 3.54. The highest BCUT2D eigenvalue weighted by molar-refractivity contribution is 6.31. The molecule has 4 nitrogen and oxygen atoms in total. The molecule has 2 rings (SSSR count). The summed E-state index contributed by atoms with van der Waals surface area (Å²) in [5.41, 5.74) is 7.66. The molecule has 0 aromatic heterocycles. The van der Waals surface area contributed by atoms with Crippen LogP contribution in [0.5, 0.6) is 5.75 Å². The smallest absolute Gasteiger partial charge is 0.224 e. The van der Waals surface area contributed by atoms with E-state index in [9.17, 15) is 4.79 Å². The predicted molar refractivity (Wildman–Crippen MR) is 85.9 cm³/mol. The summed E-state index contributed by atoms with van der Waals surface area (Å²) in [6, 6.07) is 3.69. The topological polar surface area (TPSA) is 64.3 Å². The van der Waals surface area contributed by atoms with Gasteiger partial charge in [0.2, 0.25) is 5.91 Å². The lowest BCUT2D eigenvalue weighted by Crippen LogP contribution is -2.35. The number of aryl methyl sites for hydroxylation is 1. The molecule has 0 radical (unpaired) electrons. The number of ether oxygens (including phenoxy) is 1. The van der Waals surface area contributed by atoms with Gasteiger partial charge >= 0.3 is 0 Å². The van der Waals surface area contributed by atoms with Gasteiger partial charge in [0.1, 0.15) is 5.75 Å². The van der Waals surface area contributed by atoms with Gasteiger partial charge in [0.25, 0.3) is 0 Å². The SMILES string of the molecule is COc1cc(Cl)c(C)cc1NC(=O)CC1CCCCC1N. The number of amides is 1. The molecule has 0 aliphatic heterocycles. The molecule has 1 aromatic carbocycles. The third kappa shape index (κ3) is 4.11. The lowest BCUT2D eigenvalue weighted by Gasteiger charge is -2.28. The molecule has 0 bridgehead atoms. The van der Waals surface area contributed by atoms with Gasteiger partial charge in [0.15, 0.2) is 0 Å². The van der Waals surface area contributed by atoms with E-state index >= 15 is 0 Å². The Kier molecular flexibility index (Phi) is 5.48. The number of nitrogens with one attached hydrogen (secondary N) is 1. The van der Waals surface area contributed by atoms with Crippen molar-refractivity contribution in [3.63, 3.8) is 0 Å². The zero-order chi connectivity index (χ0) is 15.4. The number of hydrogen-bond donors (Lipinski definition) is 2. The second-order valence-electron chi connectivity index (χ2n) is 5.76. The van der Waals surface area contributed by atoms with E-state index in [1.165, 1.54) is 6.42 Å². The number of methoxy groups -OCH3 is 1. The largest absolute Gasteiger partial charge is 0.495 e. The molecule has 3 N–H and O–H groups in total. The fourth-order valence-corrected chi connectivity index (χ4v) is 3.01. The number of halogens is 1. The fraction of sp³-hybridized carbons (Fsp3) is 0.562. The van der Waals surface area contributed by atoms with E-state index < -0.39 is 0 Å². The van der Waals surface area contributed by atoms with Crippen molar-refractivity contribution in [1.82, 2.24) is 0 Å². The van der Waals surface area contributed by atoms with Crippen LogP contribution in [-0.4, -0.2) is 19.1 Å². The summed E-state index contributed by atoms with van der Waals surface area (Å²) in [5.74, 6) is 0.836. The Bertz CT molecular complexity index is 519. The first-order chi connectivity index (χ1) is 10.0. The highest BCUT2D eigenvalue weighted by Crippen LogP contribution is 2.32. The van der Waals surface area contributed by atoms with Gasteiger partial charge in [-0.15, -0.1) is 0 Å². The van der Waals surface area contributed by atoms with Crippen LogP contribution in [0.3, 0.4) is 0 Å². The lowest BCUT2D eigenvalue weighted by atomic mass is 9.83. The van der Waals surface area contributed by atoms with Crippen LogP contribution in [0, 0.1) is 12.8 Å². The van der Waals surface area contributed by atoms with E-state index in [0.29, 0.717) is 22.9 Å². The van der Waals surface area contributed by atoms with E-state index in [1.54, 1.807) is 13.2 Å². The molecule has 21 heavy (non-hydrogen) atoms. The zero-order valence-electron chi connectivity index (χ0n) is 12.6. The number of anilines is 1. The summed E-state index contributed by atoms with van der Waals surface area (Å²) in [6.45, 7) is 1.90. The van der Waals surface area contributed by atoms with Crippen LogP contribution in [0.25, 0.3) is 0 Å². The van der Waals surface area contributed by atoms with Crippen molar-refractivity contribution >= 4 is 23.2 Å². The summed E-state index contributed by atoms with van der Waals surface area (Å²) in [7, 11) is 1.56. The van der Waals surface area contributed by atoms with Crippen LogP contribution < -0.4 is 15.8 Å². The first kappa shape index (κ1) is 16.1. The van der Waals surface area contributed by atoms with Crippen LogP contribution in [0.15, 0.2) is 12.1 Å². The van der Waals surface area contributed by atoms with Crippen LogP contribution in [0.4, 0.5) is 5.69 Å². The fourth-order valence-electron chi connectivity index (χ4n) is 2.86. The maximum Gasteiger partial charge on any atom is 0.224 e. The summed E-state index contributed by atoms with van der Waals surface area (Å²) < 4.78 is 5.27. The molecule has 0 heterocycles. The Morgan fingerprint density at radius 2 is 2.14 bits per heavy atom. The van der Waals surface area contributed by atoms with Gasteiger partial charge < -0.3 is 15.8 Å². The van der Waals surface area contributed by atoms with Crippen LogP contribution in [-0.2, 0) is 4.79 Å². The quantitative estimate of drug-likeness (QED) is 0.894. The highest BCUT2D eigenvalue weighted by Gasteiger charge is 2.24. The molecule has 0 saturated heterocycles. The minimum Gasteiger partial charge on any atom is -0.495 e.